The van der Waals surface area contributed by atoms with Crippen molar-refractivity contribution in [1.29, 1.82) is 0 Å². The van der Waals surface area contributed by atoms with Gasteiger partial charge in [-0.25, -0.2) is 0 Å². The SMILES string of the molecule is COc1c(Br)cc(-c2ccc(Br)cc2)cc1Br. The number of hydrogen-bond acceptors (Lipinski definition) is 1. The van der Waals surface area contributed by atoms with Gasteiger partial charge in [0.2, 0.25) is 0 Å². The molecule has 1 nitrogen and oxygen atoms in total. The van der Waals surface area contributed by atoms with Gasteiger partial charge in [0.25, 0.3) is 0 Å². The van der Waals surface area contributed by atoms with Crippen molar-refractivity contribution in [2.45, 2.75) is 0 Å². The van der Waals surface area contributed by atoms with Gasteiger partial charge in [-0.2, -0.15) is 0 Å². The lowest BCUT2D eigenvalue weighted by molar-refractivity contribution is 0.409. The highest BCUT2D eigenvalue weighted by molar-refractivity contribution is 9.11. The van der Waals surface area contributed by atoms with Crippen molar-refractivity contribution in [1.82, 2.24) is 0 Å². The standard InChI is InChI=1S/C13H9Br3O/c1-17-13-11(15)6-9(7-12(13)16)8-2-4-10(14)5-3-8/h2-7H,1H3. The summed E-state index contributed by atoms with van der Waals surface area (Å²) in [6, 6.07) is 12.3. The first-order valence-corrected chi connectivity index (χ1v) is 7.28. The summed E-state index contributed by atoms with van der Waals surface area (Å²) in [7, 11) is 1.66. The number of methoxy groups -OCH3 is 1. The molecule has 2 rings (SSSR count). The summed E-state index contributed by atoms with van der Waals surface area (Å²) in [5.41, 5.74) is 2.30. The third kappa shape index (κ3) is 2.92. The number of hydrogen-bond donors (Lipinski definition) is 0. The lowest BCUT2D eigenvalue weighted by Crippen LogP contribution is -1.87. The molecule has 0 unspecified atom stereocenters. The summed E-state index contributed by atoms with van der Waals surface area (Å²) in [4.78, 5) is 0. The summed E-state index contributed by atoms with van der Waals surface area (Å²) >= 11 is 10.4. The van der Waals surface area contributed by atoms with Gasteiger partial charge < -0.3 is 4.74 Å². The fourth-order valence-corrected chi connectivity index (χ4v) is 3.34. The van der Waals surface area contributed by atoms with Crippen LogP contribution in [0.1, 0.15) is 0 Å². The maximum Gasteiger partial charge on any atom is 0.147 e. The van der Waals surface area contributed by atoms with E-state index < -0.39 is 0 Å². The molecule has 0 atom stereocenters. The Morgan fingerprint density at radius 1 is 0.824 bits per heavy atom. The van der Waals surface area contributed by atoms with E-state index in [2.05, 4.69) is 59.9 Å². The average molecular weight is 421 g/mol. The smallest absolute Gasteiger partial charge is 0.147 e. The first-order valence-electron chi connectivity index (χ1n) is 4.91. The Hall–Kier alpha value is -0.320. The molecule has 0 saturated heterocycles. The molecule has 4 heteroatoms. The molecule has 2 aromatic carbocycles. The topological polar surface area (TPSA) is 9.23 Å². The second-order valence-corrected chi connectivity index (χ2v) is 6.10. The number of benzene rings is 2. The molecular weight excluding hydrogens is 412 g/mol. The molecular formula is C13H9Br3O. The second-order valence-electron chi connectivity index (χ2n) is 3.48. The van der Waals surface area contributed by atoms with E-state index in [1.807, 2.05) is 24.3 Å². The van der Waals surface area contributed by atoms with Crippen LogP contribution in [0.25, 0.3) is 11.1 Å². The Morgan fingerprint density at radius 3 is 1.82 bits per heavy atom. The second kappa shape index (κ2) is 5.55. The quantitative estimate of drug-likeness (QED) is 0.610. The lowest BCUT2D eigenvalue weighted by Gasteiger charge is -2.09. The summed E-state index contributed by atoms with van der Waals surface area (Å²) in [6.07, 6.45) is 0. The fraction of sp³-hybridized carbons (Fsp3) is 0.0769. The third-order valence-electron chi connectivity index (χ3n) is 2.38. The lowest BCUT2D eigenvalue weighted by atomic mass is 10.1. The maximum absolute atomic E-state index is 5.28. The normalized spacial score (nSPS) is 10.4. The highest BCUT2D eigenvalue weighted by Gasteiger charge is 2.08. The van der Waals surface area contributed by atoms with Crippen LogP contribution in [-0.2, 0) is 0 Å². The van der Waals surface area contributed by atoms with Gasteiger partial charge >= 0.3 is 0 Å². The van der Waals surface area contributed by atoms with Crippen LogP contribution in [0.4, 0.5) is 0 Å². The van der Waals surface area contributed by atoms with E-state index in [1.54, 1.807) is 7.11 Å². The van der Waals surface area contributed by atoms with Gasteiger partial charge in [-0.3, -0.25) is 0 Å². The van der Waals surface area contributed by atoms with Crippen LogP contribution in [0.5, 0.6) is 5.75 Å². The highest BCUT2D eigenvalue weighted by Crippen LogP contribution is 2.37. The molecule has 0 radical (unpaired) electrons. The summed E-state index contributed by atoms with van der Waals surface area (Å²) < 4.78 is 8.24. The van der Waals surface area contributed by atoms with Crippen LogP contribution in [0, 0.1) is 0 Å². The number of halogens is 3. The Bertz CT molecular complexity index is 512. The Morgan fingerprint density at radius 2 is 1.35 bits per heavy atom. The van der Waals surface area contributed by atoms with E-state index >= 15 is 0 Å². The van der Waals surface area contributed by atoms with E-state index in [0.717, 1.165) is 30.3 Å². The molecule has 0 bridgehead atoms. The van der Waals surface area contributed by atoms with Gasteiger partial charge in [0, 0.05) is 4.47 Å². The molecule has 0 aliphatic heterocycles. The van der Waals surface area contributed by atoms with Crippen LogP contribution < -0.4 is 4.74 Å². The van der Waals surface area contributed by atoms with Crippen molar-refractivity contribution in [2.24, 2.45) is 0 Å². The van der Waals surface area contributed by atoms with Crippen molar-refractivity contribution < 1.29 is 4.74 Å². The molecule has 0 spiro atoms. The predicted molar refractivity (Wildman–Crippen MR) is 81.5 cm³/mol. The van der Waals surface area contributed by atoms with E-state index in [1.165, 1.54) is 0 Å². The maximum atomic E-state index is 5.28. The van der Waals surface area contributed by atoms with E-state index in [0.29, 0.717) is 0 Å². The van der Waals surface area contributed by atoms with Gasteiger partial charge in [-0.1, -0.05) is 28.1 Å². The van der Waals surface area contributed by atoms with Crippen molar-refractivity contribution in [2.75, 3.05) is 7.11 Å². The largest absolute Gasteiger partial charge is 0.494 e. The van der Waals surface area contributed by atoms with Crippen molar-refractivity contribution in [3.8, 4) is 16.9 Å². The minimum atomic E-state index is 0.811. The van der Waals surface area contributed by atoms with Crippen LogP contribution in [0.2, 0.25) is 0 Å². The van der Waals surface area contributed by atoms with Crippen LogP contribution >= 0.6 is 47.8 Å². The third-order valence-corrected chi connectivity index (χ3v) is 4.09. The van der Waals surface area contributed by atoms with Gasteiger partial charge in [0.1, 0.15) is 5.75 Å². The first-order chi connectivity index (χ1) is 8.11. The fourth-order valence-electron chi connectivity index (χ4n) is 1.56. The number of rotatable bonds is 2. The van der Waals surface area contributed by atoms with Gasteiger partial charge in [-0.05, 0) is 67.3 Å². The zero-order valence-corrected chi connectivity index (χ0v) is 13.8. The first kappa shape index (κ1) is 13.1. The summed E-state index contributed by atoms with van der Waals surface area (Å²) in [5, 5.41) is 0. The Labute approximate surface area is 126 Å². The molecule has 88 valence electrons. The predicted octanol–water partition coefficient (Wildman–Crippen LogP) is 5.65. The zero-order valence-electron chi connectivity index (χ0n) is 9.01. The van der Waals surface area contributed by atoms with Crippen LogP contribution in [-0.4, -0.2) is 7.11 Å². The molecule has 17 heavy (non-hydrogen) atoms. The van der Waals surface area contributed by atoms with Crippen LogP contribution in [0.15, 0.2) is 49.8 Å². The Balaban J connectivity index is 2.50. The van der Waals surface area contributed by atoms with Crippen LogP contribution in [0.3, 0.4) is 0 Å². The van der Waals surface area contributed by atoms with Gasteiger partial charge in [0.05, 0.1) is 16.1 Å². The molecule has 2 aromatic rings. The van der Waals surface area contributed by atoms with E-state index in [4.69, 9.17) is 4.74 Å². The molecule has 0 N–H and O–H groups in total. The molecule has 0 aliphatic carbocycles. The highest BCUT2D eigenvalue weighted by atomic mass is 79.9. The molecule has 0 aromatic heterocycles. The van der Waals surface area contributed by atoms with Crippen molar-refractivity contribution >= 4 is 47.8 Å². The van der Waals surface area contributed by atoms with Gasteiger partial charge in [-0.15, -0.1) is 0 Å². The van der Waals surface area contributed by atoms with E-state index in [9.17, 15) is 0 Å². The van der Waals surface area contributed by atoms with Crippen molar-refractivity contribution in [3.63, 3.8) is 0 Å². The van der Waals surface area contributed by atoms with Crippen molar-refractivity contribution in [3.05, 3.63) is 49.8 Å². The average Bonchev–Trinajstić information content (AvgIpc) is 2.29. The molecule has 0 aliphatic rings. The minimum Gasteiger partial charge on any atom is -0.494 e. The molecule has 0 fully saturated rings. The monoisotopic (exact) mass is 418 g/mol. The zero-order chi connectivity index (χ0) is 12.4. The summed E-state index contributed by atoms with van der Waals surface area (Å²) in [5.74, 6) is 0.811. The molecule has 0 saturated carbocycles. The van der Waals surface area contributed by atoms with Gasteiger partial charge in [0.15, 0.2) is 0 Å². The Kier molecular flexibility index (Phi) is 4.28. The minimum absolute atomic E-state index is 0.811. The summed E-state index contributed by atoms with van der Waals surface area (Å²) in [6.45, 7) is 0. The van der Waals surface area contributed by atoms with E-state index in [-0.39, 0.29) is 0 Å². The number of ether oxygens (including phenoxy) is 1. The molecule has 0 amide bonds. The molecule has 0 heterocycles.